The first-order valence-electron chi connectivity index (χ1n) is 7.00. The molecule has 3 rings (SSSR count). The van der Waals surface area contributed by atoms with E-state index in [1.165, 1.54) is 0 Å². The molecule has 0 saturated carbocycles. The summed E-state index contributed by atoms with van der Waals surface area (Å²) in [5.74, 6) is 0. The van der Waals surface area contributed by atoms with Crippen molar-refractivity contribution in [2.24, 2.45) is 0 Å². The van der Waals surface area contributed by atoms with Crippen LogP contribution in [0.1, 0.15) is 29.7 Å². The standard InChI is InChI=1S/C16H18N2OS/c1-20-16-17-14-10-6-5-9-13(14)15(19)18(16)11-12-7-3-2-4-8-12/h2-4,7-8H,5-6,9-11H2,1H3. The van der Waals surface area contributed by atoms with Crippen molar-refractivity contribution in [3.05, 3.63) is 57.5 Å². The van der Waals surface area contributed by atoms with Crippen molar-refractivity contribution in [3.8, 4) is 0 Å². The zero-order chi connectivity index (χ0) is 13.9. The van der Waals surface area contributed by atoms with Gasteiger partial charge in [-0.15, -0.1) is 0 Å². The minimum atomic E-state index is 0.155. The average molecular weight is 286 g/mol. The van der Waals surface area contributed by atoms with Crippen LogP contribution in [0.15, 0.2) is 40.3 Å². The van der Waals surface area contributed by atoms with E-state index in [9.17, 15) is 4.79 Å². The summed E-state index contributed by atoms with van der Waals surface area (Å²) in [5, 5.41) is 0.833. The molecule has 3 nitrogen and oxygen atoms in total. The maximum Gasteiger partial charge on any atom is 0.257 e. The predicted molar refractivity (Wildman–Crippen MR) is 82.5 cm³/mol. The zero-order valence-electron chi connectivity index (χ0n) is 11.6. The highest BCUT2D eigenvalue weighted by molar-refractivity contribution is 7.98. The van der Waals surface area contributed by atoms with Gasteiger partial charge >= 0.3 is 0 Å². The van der Waals surface area contributed by atoms with Crippen LogP contribution >= 0.6 is 11.8 Å². The number of benzene rings is 1. The molecule has 0 radical (unpaired) electrons. The number of hydrogen-bond donors (Lipinski definition) is 0. The number of aromatic nitrogens is 2. The topological polar surface area (TPSA) is 34.9 Å². The highest BCUT2D eigenvalue weighted by atomic mass is 32.2. The molecule has 1 aromatic heterocycles. The lowest BCUT2D eigenvalue weighted by atomic mass is 9.97. The summed E-state index contributed by atoms with van der Waals surface area (Å²) >= 11 is 1.55. The second-order valence-corrected chi connectivity index (χ2v) is 5.88. The monoisotopic (exact) mass is 286 g/mol. The number of rotatable bonds is 3. The summed E-state index contributed by atoms with van der Waals surface area (Å²) in [5.41, 5.74) is 3.25. The largest absolute Gasteiger partial charge is 0.283 e. The Labute approximate surface area is 123 Å². The van der Waals surface area contributed by atoms with E-state index in [2.05, 4.69) is 12.1 Å². The molecule has 0 aliphatic heterocycles. The molecule has 0 saturated heterocycles. The van der Waals surface area contributed by atoms with Crippen molar-refractivity contribution in [1.29, 1.82) is 0 Å². The fourth-order valence-electron chi connectivity index (χ4n) is 2.73. The molecular formula is C16H18N2OS. The van der Waals surface area contributed by atoms with Gasteiger partial charge in [0.1, 0.15) is 0 Å². The van der Waals surface area contributed by atoms with Crippen LogP contribution in [-0.4, -0.2) is 15.8 Å². The van der Waals surface area contributed by atoms with Crippen LogP contribution in [-0.2, 0) is 19.4 Å². The molecular weight excluding hydrogens is 268 g/mol. The van der Waals surface area contributed by atoms with Gasteiger partial charge in [-0.05, 0) is 37.5 Å². The van der Waals surface area contributed by atoms with Crippen LogP contribution in [0.5, 0.6) is 0 Å². The third kappa shape index (κ3) is 2.52. The summed E-state index contributed by atoms with van der Waals surface area (Å²) in [4.78, 5) is 17.4. The normalized spacial score (nSPS) is 14.1. The number of fused-ring (bicyclic) bond motifs is 1. The molecule has 1 aliphatic carbocycles. The van der Waals surface area contributed by atoms with E-state index in [0.29, 0.717) is 6.54 Å². The van der Waals surface area contributed by atoms with Crippen molar-refractivity contribution in [3.63, 3.8) is 0 Å². The Hall–Kier alpha value is -1.55. The van der Waals surface area contributed by atoms with Gasteiger partial charge in [-0.2, -0.15) is 0 Å². The van der Waals surface area contributed by atoms with E-state index in [1.54, 1.807) is 11.8 Å². The van der Waals surface area contributed by atoms with Gasteiger partial charge < -0.3 is 0 Å². The molecule has 0 spiro atoms. The van der Waals surface area contributed by atoms with E-state index in [-0.39, 0.29) is 5.56 Å². The number of aryl methyl sites for hydroxylation is 1. The van der Waals surface area contributed by atoms with Crippen LogP contribution in [0.4, 0.5) is 0 Å². The minimum absolute atomic E-state index is 0.155. The van der Waals surface area contributed by atoms with Crippen molar-refractivity contribution >= 4 is 11.8 Å². The van der Waals surface area contributed by atoms with E-state index in [0.717, 1.165) is 47.7 Å². The van der Waals surface area contributed by atoms with E-state index < -0.39 is 0 Å². The zero-order valence-corrected chi connectivity index (χ0v) is 12.4. The van der Waals surface area contributed by atoms with Crippen LogP contribution < -0.4 is 5.56 Å². The third-order valence-corrected chi connectivity index (χ3v) is 4.45. The quantitative estimate of drug-likeness (QED) is 0.643. The van der Waals surface area contributed by atoms with Gasteiger partial charge in [0.05, 0.1) is 12.2 Å². The molecule has 1 aliphatic rings. The Bertz CT molecular complexity index is 664. The first-order chi connectivity index (χ1) is 9.79. The lowest BCUT2D eigenvalue weighted by molar-refractivity contribution is 0.577. The smallest absolute Gasteiger partial charge is 0.257 e. The maximum atomic E-state index is 12.7. The van der Waals surface area contributed by atoms with Gasteiger partial charge in [0.2, 0.25) is 0 Å². The Morgan fingerprint density at radius 2 is 1.95 bits per heavy atom. The first kappa shape index (κ1) is 13.4. The minimum Gasteiger partial charge on any atom is -0.283 e. The lowest BCUT2D eigenvalue weighted by Crippen LogP contribution is -2.30. The Morgan fingerprint density at radius 3 is 2.70 bits per heavy atom. The molecule has 1 aromatic carbocycles. The van der Waals surface area contributed by atoms with Crippen LogP contribution in [0.2, 0.25) is 0 Å². The van der Waals surface area contributed by atoms with Crippen molar-refractivity contribution in [2.45, 2.75) is 37.4 Å². The van der Waals surface area contributed by atoms with Crippen molar-refractivity contribution in [2.75, 3.05) is 6.26 Å². The summed E-state index contributed by atoms with van der Waals surface area (Å²) in [7, 11) is 0. The molecule has 0 bridgehead atoms. The maximum absolute atomic E-state index is 12.7. The summed E-state index contributed by atoms with van der Waals surface area (Å²) in [6, 6.07) is 10.1. The third-order valence-electron chi connectivity index (χ3n) is 3.77. The SMILES string of the molecule is CSc1nc2c(c(=O)n1Cc1ccccc1)CCCC2. The summed E-state index contributed by atoms with van der Waals surface area (Å²) < 4.78 is 1.82. The van der Waals surface area contributed by atoms with Crippen LogP contribution in [0.25, 0.3) is 0 Å². The summed E-state index contributed by atoms with van der Waals surface area (Å²) in [6.45, 7) is 0.607. The van der Waals surface area contributed by atoms with Gasteiger partial charge in [-0.25, -0.2) is 4.98 Å². The van der Waals surface area contributed by atoms with E-state index >= 15 is 0 Å². The fraction of sp³-hybridized carbons (Fsp3) is 0.375. The van der Waals surface area contributed by atoms with Crippen LogP contribution in [0, 0.1) is 0 Å². The molecule has 2 aromatic rings. The highest BCUT2D eigenvalue weighted by Gasteiger charge is 2.18. The van der Waals surface area contributed by atoms with Gasteiger partial charge in [-0.3, -0.25) is 9.36 Å². The number of hydrogen-bond acceptors (Lipinski definition) is 3. The molecule has 0 N–H and O–H groups in total. The van der Waals surface area contributed by atoms with Gasteiger partial charge in [0.25, 0.3) is 5.56 Å². The highest BCUT2D eigenvalue weighted by Crippen LogP contribution is 2.20. The van der Waals surface area contributed by atoms with Gasteiger partial charge in [0.15, 0.2) is 5.16 Å². The van der Waals surface area contributed by atoms with Gasteiger partial charge in [-0.1, -0.05) is 42.1 Å². The van der Waals surface area contributed by atoms with E-state index in [1.807, 2.05) is 29.0 Å². The number of thioether (sulfide) groups is 1. The Kier molecular flexibility index (Phi) is 3.92. The second-order valence-electron chi connectivity index (χ2n) is 5.11. The average Bonchev–Trinajstić information content (AvgIpc) is 2.51. The molecule has 0 amide bonds. The molecule has 0 atom stereocenters. The van der Waals surface area contributed by atoms with Crippen molar-refractivity contribution in [1.82, 2.24) is 9.55 Å². The van der Waals surface area contributed by atoms with E-state index in [4.69, 9.17) is 4.98 Å². The first-order valence-corrected chi connectivity index (χ1v) is 8.22. The summed E-state index contributed by atoms with van der Waals surface area (Å²) in [6.07, 6.45) is 6.07. The number of nitrogens with zero attached hydrogens (tertiary/aromatic N) is 2. The Morgan fingerprint density at radius 1 is 1.20 bits per heavy atom. The van der Waals surface area contributed by atoms with Crippen molar-refractivity contribution < 1.29 is 0 Å². The second kappa shape index (κ2) is 5.83. The molecule has 4 heteroatoms. The lowest BCUT2D eigenvalue weighted by Gasteiger charge is -2.18. The van der Waals surface area contributed by atoms with Crippen LogP contribution in [0.3, 0.4) is 0 Å². The molecule has 0 unspecified atom stereocenters. The molecule has 0 fully saturated rings. The molecule has 1 heterocycles. The molecule has 20 heavy (non-hydrogen) atoms. The Balaban J connectivity index is 2.07. The predicted octanol–water partition coefficient (Wildman–Crippen LogP) is 2.89. The fourth-order valence-corrected chi connectivity index (χ4v) is 3.30. The van der Waals surface area contributed by atoms with Gasteiger partial charge in [0, 0.05) is 5.56 Å². The molecule has 104 valence electrons.